The predicted octanol–water partition coefficient (Wildman–Crippen LogP) is 7.44. The van der Waals surface area contributed by atoms with Crippen LogP contribution in [0.2, 0.25) is 18.1 Å². The fourth-order valence-corrected chi connectivity index (χ4v) is 6.44. The summed E-state index contributed by atoms with van der Waals surface area (Å²) in [5.41, 5.74) is 6.25. The van der Waals surface area contributed by atoms with Crippen LogP contribution in [0.25, 0.3) is 11.1 Å². The van der Waals surface area contributed by atoms with Gasteiger partial charge in [-0.05, 0) is 73.5 Å². The first-order valence-corrected chi connectivity index (χ1v) is 15.1. The van der Waals surface area contributed by atoms with Gasteiger partial charge in [0, 0.05) is 28.4 Å². The third-order valence-electron chi connectivity index (χ3n) is 7.92. The van der Waals surface area contributed by atoms with Gasteiger partial charge in [-0.15, -0.1) is 0 Å². The summed E-state index contributed by atoms with van der Waals surface area (Å²) in [5.74, 6) is 0.163. The van der Waals surface area contributed by atoms with Crippen molar-refractivity contribution in [2.45, 2.75) is 102 Å². The van der Waals surface area contributed by atoms with Gasteiger partial charge in [-0.1, -0.05) is 45.7 Å². The number of fused-ring (bicyclic) bond motifs is 1. The second-order valence-electron chi connectivity index (χ2n) is 11.1. The second kappa shape index (κ2) is 9.00. The lowest BCUT2D eigenvalue weighted by molar-refractivity contribution is 0.162. The molecule has 174 valence electrons. The van der Waals surface area contributed by atoms with Gasteiger partial charge in [0.1, 0.15) is 5.82 Å². The molecule has 1 aromatic carbocycles. The van der Waals surface area contributed by atoms with E-state index in [9.17, 15) is 9.50 Å². The zero-order chi connectivity index (χ0) is 23.1. The Morgan fingerprint density at radius 3 is 2.31 bits per heavy atom. The highest BCUT2D eigenvalue weighted by molar-refractivity contribution is 6.74. The summed E-state index contributed by atoms with van der Waals surface area (Å²) in [6.45, 7) is 11.4. The number of rotatable bonds is 5. The normalized spacial score (nSPS) is 19.9. The summed E-state index contributed by atoms with van der Waals surface area (Å²) >= 11 is 0. The molecule has 4 rings (SSSR count). The van der Waals surface area contributed by atoms with Crippen LogP contribution in [0, 0.1) is 5.82 Å². The fraction of sp³-hybridized carbons (Fsp3) is 0.593. The Morgan fingerprint density at radius 1 is 1.06 bits per heavy atom. The van der Waals surface area contributed by atoms with Crippen LogP contribution in [0.4, 0.5) is 4.39 Å². The van der Waals surface area contributed by atoms with E-state index in [1.807, 2.05) is 12.1 Å². The van der Waals surface area contributed by atoms with Crippen molar-refractivity contribution in [2.24, 2.45) is 0 Å². The zero-order valence-corrected chi connectivity index (χ0v) is 21.3. The van der Waals surface area contributed by atoms with Crippen LogP contribution in [0.15, 0.2) is 24.3 Å². The van der Waals surface area contributed by atoms with Crippen molar-refractivity contribution in [3.05, 3.63) is 52.6 Å². The molecule has 0 aliphatic heterocycles. The molecule has 3 nitrogen and oxygen atoms in total. The Morgan fingerprint density at radius 2 is 1.72 bits per heavy atom. The lowest BCUT2D eigenvalue weighted by atomic mass is 9.82. The molecule has 2 aromatic rings. The molecule has 1 saturated carbocycles. The number of aliphatic hydroxyl groups excluding tert-OH is 1. The van der Waals surface area contributed by atoms with Crippen LogP contribution in [0.1, 0.15) is 93.8 Å². The average Bonchev–Trinajstić information content (AvgIpc) is 3.27. The van der Waals surface area contributed by atoms with Gasteiger partial charge in [0.15, 0.2) is 8.32 Å². The van der Waals surface area contributed by atoms with E-state index < -0.39 is 8.32 Å². The molecule has 0 radical (unpaired) electrons. The number of hydrogen-bond donors (Lipinski definition) is 1. The van der Waals surface area contributed by atoms with Gasteiger partial charge in [0.05, 0.1) is 12.7 Å². The number of nitrogens with zero attached hydrogens (tertiary/aromatic N) is 1. The summed E-state index contributed by atoms with van der Waals surface area (Å²) in [6, 6.07) is 6.73. The molecule has 1 aromatic heterocycles. The van der Waals surface area contributed by atoms with E-state index in [1.54, 1.807) is 0 Å². The van der Waals surface area contributed by atoms with Crippen molar-refractivity contribution in [1.82, 2.24) is 4.98 Å². The summed E-state index contributed by atoms with van der Waals surface area (Å²) in [7, 11) is -2.01. The molecule has 1 heterocycles. The van der Waals surface area contributed by atoms with Crippen LogP contribution in [0.5, 0.6) is 0 Å². The Bertz CT molecular complexity index is 959. The number of aromatic nitrogens is 1. The van der Waals surface area contributed by atoms with Gasteiger partial charge in [-0.2, -0.15) is 0 Å². The first kappa shape index (κ1) is 23.6. The lowest BCUT2D eigenvalue weighted by Gasteiger charge is -2.41. The minimum Gasteiger partial charge on any atom is -0.410 e. The van der Waals surface area contributed by atoms with Crippen molar-refractivity contribution in [1.29, 1.82) is 0 Å². The average molecular weight is 456 g/mol. The standard InChI is InChI=1S/C27H38FNO2Si/c1-27(2,3)32(4,5)31-23-12-8-11-22-25(23)24(18-13-15-20(28)16-14-18)21(17-30)26(29-22)19-9-6-7-10-19/h13-16,19,23,30H,6-12,17H2,1-5H3. The van der Waals surface area contributed by atoms with E-state index in [1.165, 1.54) is 25.0 Å². The molecule has 0 saturated heterocycles. The summed E-state index contributed by atoms with van der Waals surface area (Å²) in [4.78, 5) is 5.21. The van der Waals surface area contributed by atoms with Crippen molar-refractivity contribution < 1.29 is 13.9 Å². The van der Waals surface area contributed by atoms with Gasteiger partial charge >= 0.3 is 0 Å². The summed E-state index contributed by atoms with van der Waals surface area (Å²) < 4.78 is 20.8. The van der Waals surface area contributed by atoms with E-state index in [2.05, 4.69) is 33.9 Å². The third-order valence-corrected chi connectivity index (χ3v) is 12.4. The molecule has 5 heteroatoms. The van der Waals surface area contributed by atoms with Crippen LogP contribution in [-0.2, 0) is 17.5 Å². The lowest BCUT2D eigenvalue weighted by Crippen LogP contribution is -2.42. The Labute approximate surface area is 193 Å². The maximum Gasteiger partial charge on any atom is 0.192 e. The van der Waals surface area contributed by atoms with Gasteiger partial charge < -0.3 is 9.53 Å². The van der Waals surface area contributed by atoms with Crippen molar-refractivity contribution >= 4 is 8.32 Å². The number of aliphatic hydroxyl groups is 1. The second-order valence-corrected chi connectivity index (χ2v) is 15.9. The topological polar surface area (TPSA) is 42.4 Å². The van der Waals surface area contributed by atoms with Gasteiger partial charge in [0.25, 0.3) is 0 Å². The minimum absolute atomic E-state index is 0.0323. The maximum absolute atomic E-state index is 13.8. The smallest absolute Gasteiger partial charge is 0.192 e. The predicted molar refractivity (Wildman–Crippen MR) is 131 cm³/mol. The molecule has 0 bridgehead atoms. The molecule has 1 fully saturated rings. The first-order valence-electron chi connectivity index (χ1n) is 12.2. The molecular formula is C27H38FNO2Si. The molecule has 1 N–H and O–H groups in total. The summed E-state index contributed by atoms with van der Waals surface area (Å²) in [5, 5.41) is 10.7. The molecule has 1 unspecified atom stereocenters. The van der Waals surface area contributed by atoms with E-state index in [-0.39, 0.29) is 23.6 Å². The zero-order valence-electron chi connectivity index (χ0n) is 20.3. The van der Waals surface area contributed by atoms with Crippen molar-refractivity contribution in [2.75, 3.05) is 0 Å². The van der Waals surface area contributed by atoms with E-state index in [4.69, 9.17) is 9.41 Å². The highest BCUT2D eigenvalue weighted by Gasteiger charge is 2.41. The van der Waals surface area contributed by atoms with Gasteiger partial charge in [0.2, 0.25) is 0 Å². The van der Waals surface area contributed by atoms with E-state index >= 15 is 0 Å². The minimum atomic E-state index is -2.01. The number of aryl methyl sites for hydroxylation is 1. The monoisotopic (exact) mass is 455 g/mol. The Balaban J connectivity index is 1.92. The van der Waals surface area contributed by atoms with E-state index in [0.717, 1.165) is 65.7 Å². The third kappa shape index (κ3) is 4.44. The fourth-order valence-electron chi connectivity index (χ4n) is 5.14. The number of hydrogen-bond acceptors (Lipinski definition) is 3. The van der Waals surface area contributed by atoms with E-state index in [0.29, 0.717) is 5.92 Å². The highest BCUT2D eigenvalue weighted by Crippen LogP contribution is 2.48. The first-order chi connectivity index (χ1) is 15.1. The number of benzene rings is 1. The van der Waals surface area contributed by atoms with Crippen LogP contribution in [-0.4, -0.2) is 18.4 Å². The van der Waals surface area contributed by atoms with Gasteiger partial charge in [-0.25, -0.2) is 4.39 Å². The molecule has 1 atom stereocenters. The van der Waals surface area contributed by atoms with Gasteiger partial charge in [-0.3, -0.25) is 4.98 Å². The molecule has 2 aliphatic rings. The summed E-state index contributed by atoms with van der Waals surface area (Å²) in [6.07, 6.45) is 7.63. The SMILES string of the molecule is CC(C)(C)[Si](C)(C)OC1CCCc2nc(C3CCCC3)c(CO)c(-c3ccc(F)cc3)c21. The van der Waals surface area contributed by atoms with Crippen molar-refractivity contribution in [3.8, 4) is 11.1 Å². The molecule has 0 amide bonds. The maximum atomic E-state index is 13.8. The number of halogens is 1. The molecule has 2 aliphatic carbocycles. The Kier molecular flexibility index (Phi) is 6.63. The van der Waals surface area contributed by atoms with Crippen LogP contribution in [0.3, 0.4) is 0 Å². The van der Waals surface area contributed by atoms with Crippen molar-refractivity contribution in [3.63, 3.8) is 0 Å². The molecule has 0 spiro atoms. The number of pyridine rings is 1. The highest BCUT2D eigenvalue weighted by atomic mass is 28.4. The molecular weight excluding hydrogens is 417 g/mol. The Hall–Kier alpha value is -1.56. The molecule has 32 heavy (non-hydrogen) atoms. The van der Waals surface area contributed by atoms with Crippen LogP contribution < -0.4 is 0 Å². The largest absolute Gasteiger partial charge is 0.410 e. The van der Waals surface area contributed by atoms with Crippen LogP contribution >= 0.6 is 0 Å². The quantitative estimate of drug-likeness (QED) is 0.476.